The maximum atomic E-state index is 12.2. The summed E-state index contributed by atoms with van der Waals surface area (Å²) in [5.41, 5.74) is 0. The largest absolute Gasteiger partial charge is 0.481 e. The van der Waals surface area contributed by atoms with Crippen LogP contribution in [0.25, 0.3) is 0 Å². The van der Waals surface area contributed by atoms with Gasteiger partial charge in [-0.3, -0.25) is 9.59 Å². The van der Waals surface area contributed by atoms with Crippen molar-refractivity contribution in [1.29, 1.82) is 0 Å². The number of carbonyl (C=O) groups is 2. The first-order chi connectivity index (χ1) is 10.6. The summed E-state index contributed by atoms with van der Waals surface area (Å²) in [6.45, 7) is 4.46. The second-order valence-corrected chi connectivity index (χ2v) is 8.07. The van der Waals surface area contributed by atoms with Crippen molar-refractivity contribution < 1.29 is 14.7 Å². The van der Waals surface area contributed by atoms with E-state index >= 15 is 0 Å². The van der Waals surface area contributed by atoms with Crippen LogP contribution in [0.3, 0.4) is 0 Å². The Bertz CT molecular complexity index is 507. The van der Waals surface area contributed by atoms with Gasteiger partial charge in [0.25, 0.3) is 0 Å². The number of thiophene rings is 1. The lowest BCUT2D eigenvalue weighted by molar-refractivity contribution is -0.143. The van der Waals surface area contributed by atoms with Crippen molar-refractivity contribution >= 4 is 34.9 Å². The lowest BCUT2D eigenvalue weighted by Gasteiger charge is -2.29. The Kier molecular flexibility index (Phi) is 6.92. The second kappa shape index (κ2) is 8.70. The third kappa shape index (κ3) is 5.11. The molecule has 2 heterocycles. The number of thioether (sulfide) groups is 1. The minimum atomic E-state index is -0.688. The lowest BCUT2D eigenvalue weighted by atomic mass is 9.97. The summed E-state index contributed by atoms with van der Waals surface area (Å²) in [5, 5.41) is 8.98. The number of carbonyl (C=O) groups excluding carboxylic acids is 1. The number of likely N-dealkylation sites (tertiary alicyclic amines) is 1. The van der Waals surface area contributed by atoms with Crippen molar-refractivity contribution in [3.63, 3.8) is 0 Å². The molecule has 1 fully saturated rings. The number of carboxylic acid groups (broad SMARTS) is 1. The highest BCUT2D eigenvalue weighted by Crippen LogP contribution is 2.28. The van der Waals surface area contributed by atoms with E-state index in [-0.39, 0.29) is 11.7 Å². The molecule has 0 aromatic carbocycles. The fourth-order valence-corrected chi connectivity index (χ4v) is 4.57. The second-order valence-electron chi connectivity index (χ2n) is 5.59. The van der Waals surface area contributed by atoms with E-state index in [2.05, 4.69) is 11.8 Å². The summed E-state index contributed by atoms with van der Waals surface area (Å²) < 4.78 is 1.22. The number of hydrogen-bond acceptors (Lipinski definition) is 5. The fraction of sp³-hybridized carbons (Fsp3) is 0.625. The van der Waals surface area contributed by atoms with Crippen LogP contribution in [0.4, 0.5) is 0 Å². The number of Topliss-reactive ketones (excluding diaryl/α,β-unsaturated/α-hetero) is 1. The Morgan fingerprint density at radius 3 is 2.73 bits per heavy atom. The van der Waals surface area contributed by atoms with Crippen LogP contribution in [0.2, 0.25) is 0 Å². The van der Waals surface area contributed by atoms with E-state index in [1.165, 1.54) is 4.21 Å². The topological polar surface area (TPSA) is 57.6 Å². The van der Waals surface area contributed by atoms with Gasteiger partial charge in [-0.1, -0.05) is 6.92 Å². The van der Waals surface area contributed by atoms with Crippen LogP contribution >= 0.6 is 23.1 Å². The number of carboxylic acids is 1. The van der Waals surface area contributed by atoms with Gasteiger partial charge in [0.1, 0.15) is 0 Å². The van der Waals surface area contributed by atoms with Gasteiger partial charge < -0.3 is 10.0 Å². The van der Waals surface area contributed by atoms with Crippen LogP contribution in [0, 0.1) is 5.92 Å². The molecule has 0 saturated carbocycles. The highest BCUT2D eigenvalue weighted by atomic mass is 32.2. The van der Waals surface area contributed by atoms with Crippen LogP contribution in [0.15, 0.2) is 16.3 Å². The molecule has 0 atom stereocenters. The van der Waals surface area contributed by atoms with E-state index in [1.54, 1.807) is 11.3 Å². The smallest absolute Gasteiger partial charge is 0.306 e. The standard InChI is InChI=1S/C16H23NO3S2/c1-2-11-21-15-4-3-14(22-15)13(18)7-10-17-8-5-12(6-9-17)16(19)20/h3-4,12H,2,5-11H2,1H3,(H,19,20). The molecule has 1 N–H and O–H groups in total. The van der Waals surface area contributed by atoms with E-state index in [1.807, 2.05) is 23.9 Å². The predicted molar refractivity (Wildman–Crippen MR) is 91.1 cm³/mol. The number of ketones is 1. The summed E-state index contributed by atoms with van der Waals surface area (Å²) in [6.07, 6.45) is 3.05. The molecule has 0 radical (unpaired) electrons. The summed E-state index contributed by atoms with van der Waals surface area (Å²) in [5.74, 6) is 0.398. The van der Waals surface area contributed by atoms with E-state index in [4.69, 9.17) is 5.11 Å². The van der Waals surface area contributed by atoms with Crippen molar-refractivity contribution in [3.8, 4) is 0 Å². The lowest BCUT2D eigenvalue weighted by Crippen LogP contribution is -2.37. The van der Waals surface area contributed by atoms with Crippen LogP contribution in [-0.2, 0) is 4.79 Å². The summed E-state index contributed by atoms with van der Waals surface area (Å²) >= 11 is 3.40. The summed E-state index contributed by atoms with van der Waals surface area (Å²) in [7, 11) is 0. The van der Waals surface area contributed by atoms with E-state index in [0.29, 0.717) is 19.3 Å². The van der Waals surface area contributed by atoms with Crippen LogP contribution in [-0.4, -0.2) is 47.1 Å². The fourth-order valence-electron chi connectivity index (χ4n) is 2.54. The molecule has 0 aliphatic carbocycles. The van der Waals surface area contributed by atoms with Gasteiger partial charge >= 0.3 is 5.97 Å². The van der Waals surface area contributed by atoms with E-state index in [0.717, 1.165) is 36.7 Å². The number of hydrogen-bond donors (Lipinski definition) is 1. The molecule has 1 aliphatic rings. The van der Waals surface area contributed by atoms with Crippen molar-refractivity contribution in [2.75, 3.05) is 25.4 Å². The number of aliphatic carboxylic acids is 1. The molecule has 0 amide bonds. The van der Waals surface area contributed by atoms with Crippen molar-refractivity contribution in [2.24, 2.45) is 5.92 Å². The van der Waals surface area contributed by atoms with Gasteiger partial charge in [-0.15, -0.1) is 23.1 Å². The van der Waals surface area contributed by atoms with Crippen molar-refractivity contribution in [1.82, 2.24) is 4.90 Å². The Hall–Kier alpha value is -0.850. The van der Waals surface area contributed by atoms with Gasteiger partial charge in [-0.05, 0) is 50.2 Å². The molecule has 0 bridgehead atoms. The van der Waals surface area contributed by atoms with Gasteiger partial charge in [-0.25, -0.2) is 0 Å². The molecule has 1 aromatic rings. The monoisotopic (exact) mass is 341 g/mol. The Labute approximate surface area is 139 Å². The average molecular weight is 341 g/mol. The summed E-state index contributed by atoms with van der Waals surface area (Å²) in [4.78, 5) is 26.2. The maximum Gasteiger partial charge on any atom is 0.306 e. The third-order valence-corrected chi connectivity index (χ3v) is 6.45. The predicted octanol–water partition coefficient (Wildman–Crippen LogP) is 3.62. The summed E-state index contributed by atoms with van der Waals surface area (Å²) in [6, 6.07) is 3.97. The zero-order chi connectivity index (χ0) is 15.9. The van der Waals surface area contributed by atoms with Crippen molar-refractivity contribution in [2.45, 2.75) is 36.8 Å². The Morgan fingerprint density at radius 1 is 1.36 bits per heavy atom. The maximum absolute atomic E-state index is 12.2. The quantitative estimate of drug-likeness (QED) is 0.578. The van der Waals surface area contributed by atoms with Crippen LogP contribution in [0.5, 0.6) is 0 Å². The minimum Gasteiger partial charge on any atom is -0.481 e. The van der Waals surface area contributed by atoms with Gasteiger partial charge in [0.2, 0.25) is 0 Å². The zero-order valence-corrected chi connectivity index (χ0v) is 14.5. The molecule has 0 spiro atoms. The highest BCUT2D eigenvalue weighted by molar-refractivity contribution is 8.01. The first-order valence-corrected chi connectivity index (χ1v) is 9.61. The van der Waals surface area contributed by atoms with E-state index < -0.39 is 5.97 Å². The first-order valence-electron chi connectivity index (χ1n) is 7.81. The molecule has 122 valence electrons. The van der Waals surface area contributed by atoms with Gasteiger partial charge in [0.05, 0.1) is 15.0 Å². The van der Waals surface area contributed by atoms with Gasteiger partial charge in [0, 0.05) is 13.0 Å². The molecule has 6 heteroatoms. The Balaban J connectivity index is 1.74. The molecule has 1 saturated heterocycles. The molecule has 1 aromatic heterocycles. The number of piperidine rings is 1. The number of nitrogens with zero attached hydrogens (tertiary/aromatic N) is 1. The number of rotatable bonds is 8. The highest BCUT2D eigenvalue weighted by Gasteiger charge is 2.24. The minimum absolute atomic E-state index is 0.203. The molecule has 0 unspecified atom stereocenters. The van der Waals surface area contributed by atoms with Crippen molar-refractivity contribution in [3.05, 3.63) is 17.0 Å². The molecule has 2 rings (SSSR count). The van der Waals surface area contributed by atoms with Crippen LogP contribution in [0.1, 0.15) is 42.3 Å². The van der Waals surface area contributed by atoms with Crippen LogP contribution < -0.4 is 0 Å². The third-order valence-electron chi connectivity index (χ3n) is 3.90. The SMILES string of the molecule is CCCSc1ccc(C(=O)CCN2CCC(C(=O)O)CC2)s1. The molecule has 4 nitrogen and oxygen atoms in total. The Morgan fingerprint density at radius 2 is 2.09 bits per heavy atom. The van der Waals surface area contributed by atoms with Gasteiger partial charge in [0.15, 0.2) is 5.78 Å². The molecule has 22 heavy (non-hydrogen) atoms. The van der Waals surface area contributed by atoms with Gasteiger partial charge in [-0.2, -0.15) is 0 Å². The first kappa shape index (κ1) is 17.5. The molecule has 1 aliphatic heterocycles. The molecular formula is C16H23NO3S2. The van der Waals surface area contributed by atoms with E-state index in [9.17, 15) is 9.59 Å². The zero-order valence-electron chi connectivity index (χ0n) is 12.9. The molecular weight excluding hydrogens is 318 g/mol. The average Bonchev–Trinajstić information content (AvgIpc) is 3.00. The normalized spacial score (nSPS) is 16.8.